The van der Waals surface area contributed by atoms with Crippen LogP contribution in [0.4, 0.5) is 0 Å². The third kappa shape index (κ3) is 1.70. The Morgan fingerprint density at radius 3 is 3.18 bits per heavy atom. The van der Waals surface area contributed by atoms with Crippen LogP contribution in [-0.2, 0) is 6.42 Å². The van der Waals surface area contributed by atoms with Crippen LogP contribution < -0.4 is 10.1 Å². The van der Waals surface area contributed by atoms with Crippen molar-refractivity contribution in [3.63, 3.8) is 0 Å². The number of para-hydroxylation sites is 1. The Hall–Kier alpha value is -1.81. The molecular weight excluding hydrogens is 214 g/mol. The highest BCUT2D eigenvalue weighted by atomic mass is 16.5. The smallest absolute Gasteiger partial charge is 0.127 e. The summed E-state index contributed by atoms with van der Waals surface area (Å²) in [5.41, 5.74) is 2.44. The van der Waals surface area contributed by atoms with Crippen LogP contribution >= 0.6 is 0 Å². The van der Waals surface area contributed by atoms with E-state index in [1.807, 2.05) is 13.2 Å². The number of fused-ring (bicyclic) bond motifs is 1. The van der Waals surface area contributed by atoms with Gasteiger partial charge in [-0.1, -0.05) is 18.2 Å². The minimum Gasteiger partial charge on any atom is -0.493 e. The van der Waals surface area contributed by atoms with Crippen LogP contribution in [0.3, 0.4) is 0 Å². The Kier molecular flexibility index (Phi) is 2.57. The van der Waals surface area contributed by atoms with Gasteiger partial charge in [-0.15, -0.1) is 0 Å². The zero-order valence-electron chi connectivity index (χ0n) is 9.73. The maximum Gasteiger partial charge on any atom is 0.127 e. The molecule has 3 rings (SSSR count). The lowest BCUT2D eigenvalue weighted by atomic mass is 10.0. The summed E-state index contributed by atoms with van der Waals surface area (Å²) in [5.74, 6) is 1.93. The van der Waals surface area contributed by atoms with Crippen molar-refractivity contribution in [1.82, 2.24) is 15.3 Å². The maximum absolute atomic E-state index is 5.73. The molecule has 0 bridgehead atoms. The molecule has 88 valence electrons. The largest absolute Gasteiger partial charge is 0.493 e. The molecule has 17 heavy (non-hydrogen) atoms. The molecular formula is C13H15N3O. The van der Waals surface area contributed by atoms with Crippen molar-refractivity contribution in [1.29, 1.82) is 0 Å². The third-order valence-corrected chi connectivity index (χ3v) is 3.14. The van der Waals surface area contributed by atoms with E-state index in [4.69, 9.17) is 4.74 Å². The number of aromatic amines is 1. The Morgan fingerprint density at radius 1 is 1.47 bits per heavy atom. The van der Waals surface area contributed by atoms with Crippen molar-refractivity contribution >= 4 is 0 Å². The van der Waals surface area contributed by atoms with Gasteiger partial charge in [0.1, 0.15) is 11.6 Å². The predicted octanol–water partition coefficient (Wildman–Crippen LogP) is 1.65. The third-order valence-electron chi connectivity index (χ3n) is 3.14. The SMILES string of the molecule is CNC(c1ncc[nH]1)c1cccc2c1OCC2. The first kappa shape index (κ1) is 10.4. The van der Waals surface area contributed by atoms with E-state index in [-0.39, 0.29) is 6.04 Å². The highest BCUT2D eigenvalue weighted by molar-refractivity contribution is 5.47. The monoisotopic (exact) mass is 229 g/mol. The summed E-state index contributed by atoms with van der Waals surface area (Å²) >= 11 is 0. The van der Waals surface area contributed by atoms with E-state index < -0.39 is 0 Å². The average molecular weight is 229 g/mol. The van der Waals surface area contributed by atoms with E-state index in [1.54, 1.807) is 6.20 Å². The normalized spacial score (nSPS) is 15.4. The Bertz CT molecular complexity index is 507. The lowest BCUT2D eigenvalue weighted by molar-refractivity contribution is 0.350. The lowest BCUT2D eigenvalue weighted by Crippen LogP contribution is -2.19. The second kappa shape index (κ2) is 4.22. The fraction of sp³-hybridized carbons (Fsp3) is 0.308. The van der Waals surface area contributed by atoms with Crippen molar-refractivity contribution in [2.45, 2.75) is 12.5 Å². The van der Waals surface area contributed by atoms with Gasteiger partial charge in [0.25, 0.3) is 0 Å². The molecule has 4 nitrogen and oxygen atoms in total. The molecule has 1 aliphatic heterocycles. The molecule has 1 atom stereocenters. The van der Waals surface area contributed by atoms with E-state index in [1.165, 1.54) is 5.56 Å². The molecule has 0 saturated carbocycles. The number of ether oxygens (including phenoxy) is 1. The standard InChI is InChI=1S/C13H15N3O/c1-14-11(13-15-6-7-16-13)10-4-2-3-9-5-8-17-12(9)10/h2-4,6-7,11,14H,5,8H2,1H3,(H,15,16). The second-order valence-corrected chi connectivity index (χ2v) is 4.13. The molecule has 1 aromatic heterocycles. The van der Waals surface area contributed by atoms with Gasteiger partial charge in [-0.25, -0.2) is 4.98 Å². The predicted molar refractivity (Wildman–Crippen MR) is 65.1 cm³/mol. The second-order valence-electron chi connectivity index (χ2n) is 4.13. The zero-order chi connectivity index (χ0) is 11.7. The van der Waals surface area contributed by atoms with Gasteiger partial charge in [0.05, 0.1) is 12.6 Å². The van der Waals surface area contributed by atoms with Crippen molar-refractivity contribution in [3.05, 3.63) is 47.5 Å². The van der Waals surface area contributed by atoms with Crippen LogP contribution in [0.2, 0.25) is 0 Å². The summed E-state index contributed by atoms with van der Waals surface area (Å²) in [6.07, 6.45) is 4.60. The number of imidazole rings is 1. The Balaban J connectivity index is 2.06. The van der Waals surface area contributed by atoms with Crippen molar-refractivity contribution in [2.75, 3.05) is 13.7 Å². The average Bonchev–Trinajstić information content (AvgIpc) is 3.00. The van der Waals surface area contributed by atoms with Crippen LogP contribution in [0.5, 0.6) is 5.75 Å². The fourth-order valence-corrected chi connectivity index (χ4v) is 2.34. The summed E-state index contributed by atoms with van der Waals surface area (Å²) in [7, 11) is 1.93. The summed E-state index contributed by atoms with van der Waals surface area (Å²) in [4.78, 5) is 7.46. The van der Waals surface area contributed by atoms with Crippen LogP contribution in [-0.4, -0.2) is 23.6 Å². The van der Waals surface area contributed by atoms with Gasteiger partial charge in [0, 0.05) is 24.4 Å². The van der Waals surface area contributed by atoms with Gasteiger partial charge in [-0.2, -0.15) is 0 Å². The molecule has 1 aliphatic rings. The molecule has 1 aromatic carbocycles. The highest BCUT2D eigenvalue weighted by Crippen LogP contribution is 2.34. The van der Waals surface area contributed by atoms with Crippen molar-refractivity contribution in [2.24, 2.45) is 0 Å². The van der Waals surface area contributed by atoms with Gasteiger partial charge >= 0.3 is 0 Å². The number of aromatic nitrogens is 2. The molecule has 2 aromatic rings. The minimum atomic E-state index is 0.0537. The van der Waals surface area contributed by atoms with Crippen LogP contribution in [0, 0.1) is 0 Å². The Morgan fingerprint density at radius 2 is 2.41 bits per heavy atom. The molecule has 0 spiro atoms. The van der Waals surface area contributed by atoms with Gasteiger partial charge in [-0.3, -0.25) is 0 Å². The minimum absolute atomic E-state index is 0.0537. The molecule has 0 fully saturated rings. The number of hydrogen-bond acceptors (Lipinski definition) is 3. The first-order chi connectivity index (χ1) is 8.40. The molecule has 2 heterocycles. The fourth-order valence-electron chi connectivity index (χ4n) is 2.34. The van der Waals surface area contributed by atoms with E-state index in [9.17, 15) is 0 Å². The summed E-state index contributed by atoms with van der Waals surface area (Å²) in [6.45, 7) is 0.779. The van der Waals surface area contributed by atoms with Crippen LogP contribution in [0.1, 0.15) is 23.0 Å². The van der Waals surface area contributed by atoms with Gasteiger partial charge in [0.15, 0.2) is 0 Å². The summed E-state index contributed by atoms with van der Waals surface area (Å²) < 4.78 is 5.73. The molecule has 1 unspecified atom stereocenters. The Labute approximate surface area is 100 Å². The lowest BCUT2D eigenvalue weighted by Gasteiger charge is -2.17. The van der Waals surface area contributed by atoms with Crippen LogP contribution in [0.15, 0.2) is 30.6 Å². The topological polar surface area (TPSA) is 49.9 Å². The number of nitrogens with one attached hydrogen (secondary N) is 2. The maximum atomic E-state index is 5.73. The van der Waals surface area contributed by atoms with Crippen molar-refractivity contribution < 1.29 is 4.74 Å². The van der Waals surface area contributed by atoms with Gasteiger partial charge in [0.2, 0.25) is 0 Å². The first-order valence-electron chi connectivity index (χ1n) is 5.81. The number of hydrogen-bond donors (Lipinski definition) is 2. The molecule has 0 aliphatic carbocycles. The van der Waals surface area contributed by atoms with Gasteiger partial charge < -0.3 is 15.0 Å². The van der Waals surface area contributed by atoms with Crippen molar-refractivity contribution in [3.8, 4) is 5.75 Å². The van der Waals surface area contributed by atoms with E-state index in [0.717, 1.165) is 30.2 Å². The summed E-state index contributed by atoms with van der Waals surface area (Å²) in [6, 6.07) is 6.35. The molecule has 0 saturated heterocycles. The van der Waals surface area contributed by atoms with Crippen LogP contribution in [0.25, 0.3) is 0 Å². The molecule has 0 radical (unpaired) electrons. The molecule has 0 amide bonds. The van der Waals surface area contributed by atoms with E-state index in [2.05, 4.69) is 33.5 Å². The zero-order valence-corrected chi connectivity index (χ0v) is 9.73. The quantitative estimate of drug-likeness (QED) is 0.841. The molecule has 4 heteroatoms. The highest BCUT2D eigenvalue weighted by Gasteiger charge is 2.23. The number of rotatable bonds is 3. The number of H-pyrrole nitrogens is 1. The molecule has 2 N–H and O–H groups in total. The van der Waals surface area contributed by atoms with E-state index >= 15 is 0 Å². The number of nitrogens with zero attached hydrogens (tertiary/aromatic N) is 1. The van der Waals surface area contributed by atoms with Gasteiger partial charge in [-0.05, 0) is 12.6 Å². The summed E-state index contributed by atoms with van der Waals surface area (Å²) in [5, 5.41) is 3.28. The first-order valence-corrected chi connectivity index (χ1v) is 5.81. The van der Waals surface area contributed by atoms with E-state index in [0.29, 0.717) is 0 Å². The number of benzene rings is 1.